The second-order valence-corrected chi connectivity index (χ2v) is 6.04. The second-order valence-electron chi connectivity index (χ2n) is 5.33. The van der Waals surface area contributed by atoms with E-state index in [-0.39, 0.29) is 5.79 Å². The van der Waals surface area contributed by atoms with Crippen molar-refractivity contribution in [1.82, 2.24) is 20.9 Å². The molecular formula is C11H30N4Si. The van der Waals surface area contributed by atoms with Crippen LogP contribution < -0.4 is 20.9 Å². The predicted molar refractivity (Wildman–Crippen MR) is 75.5 cm³/mol. The molecule has 0 saturated heterocycles. The Morgan fingerprint density at radius 2 is 1.12 bits per heavy atom. The number of hydrogen-bond acceptors (Lipinski definition) is 4. The molecule has 98 valence electrons. The first-order valence-electron chi connectivity index (χ1n) is 6.29. The average molecular weight is 246 g/mol. The van der Waals surface area contributed by atoms with E-state index in [2.05, 4.69) is 62.5 Å². The van der Waals surface area contributed by atoms with Gasteiger partial charge in [0.15, 0.2) is 0 Å². The van der Waals surface area contributed by atoms with Crippen molar-refractivity contribution < 1.29 is 0 Å². The summed E-state index contributed by atoms with van der Waals surface area (Å²) in [6.07, 6.45) is 0. The van der Waals surface area contributed by atoms with Crippen molar-refractivity contribution in [2.24, 2.45) is 0 Å². The van der Waals surface area contributed by atoms with E-state index >= 15 is 0 Å². The van der Waals surface area contributed by atoms with Crippen LogP contribution in [0.3, 0.4) is 0 Å². The molecule has 0 aromatic rings. The molecule has 0 aromatic heterocycles. The molecule has 0 fully saturated rings. The van der Waals surface area contributed by atoms with Crippen molar-refractivity contribution in [3.63, 3.8) is 0 Å². The van der Waals surface area contributed by atoms with Gasteiger partial charge in [-0.3, -0.25) is 16.0 Å². The summed E-state index contributed by atoms with van der Waals surface area (Å²) < 4.78 is 0. The van der Waals surface area contributed by atoms with Gasteiger partial charge in [0.25, 0.3) is 0 Å². The molecule has 0 heterocycles. The lowest BCUT2D eigenvalue weighted by molar-refractivity contribution is 0.158. The maximum Gasteiger partial charge on any atom is 0.136 e. The van der Waals surface area contributed by atoms with E-state index < -0.39 is 0 Å². The van der Waals surface area contributed by atoms with Gasteiger partial charge < -0.3 is 4.98 Å². The highest BCUT2D eigenvalue weighted by Crippen LogP contribution is 2.01. The van der Waals surface area contributed by atoms with Crippen LogP contribution in [-0.4, -0.2) is 40.9 Å². The Hall–Kier alpha value is 0.0569. The Bertz CT molecular complexity index is 156. The first-order valence-corrected chi connectivity index (χ1v) is 7.29. The normalized spacial score (nSPS) is 13.3. The van der Waals surface area contributed by atoms with Crippen LogP contribution in [0.1, 0.15) is 41.5 Å². The molecule has 0 aliphatic carbocycles. The zero-order valence-electron chi connectivity index (χ0n) is 11.9. The van der Waals surface area contributed by atoms with Gasteiger partial charge in [-0.05, 0) is 41.5 Å². The summed E-state index contributed by atoms with van der Waals surface area (Å²) in [7, 11) is 1.00. The molecule has 0 aliphatic heterocycles. The summed E-state index contributed by atoms with van der Waals surface area (Å²) in [5.74, 6) is -0.210. The van der Waals surface area contributed by atoms with Crippen LogP contribution in [-0.2, 0) is 0 Å². The number of nitrogens with one attached hydrogen (secondary N) is 4. The van der Waals surface area contributed by atoms with Crippen molar-refractivity contribution in [2.75, 3.05) is 6.54 Å². The second kappa shape index (κ2) is 7.40. The van der Waals surface area contributed by atoms with Gasteiger partial charge >= 0.3 is 0 Å². The van der Waals surface area contributed by atoms with Gasteiger partial charge in [-0.2, -0.15) is 0 Å². The van der Waals surface area contributed by atoms with Gasteiger partial charge in [-0.1, -0.05) is 0 Å². The molecule has 0 saturated carbocycles. The smallest absolute Gasteiger partial charge is 0.136 e. The van der Waals surface area contributed by atoms with Gasteiger partial charge in [0, 0.05) is 24.7 Å². The summed E-state index contributed by atoms with van der Waals surface area (Å²) in [6, 6.07) is 1.31. The van der Waals surface area contributed by atoms with E-state index in [1.54, 1.807) is 0 Å². The molecule has 16 heavy (non-hydrogen) atoms. The third-order valence-electron chi connectivity index (χ3n) is 2.05. The van der Waals surface area contributed by atoms with Crippen LogP contribution in [0, 0.1) is 0 Å². The summed E-state index contributed by atoms with van der Waals surface area (Å²) in [6.45, 7) is 13.9. The SMILES string of the molecule is CC(C)NC(CN[SiH3])(NC(C)C)NC(C)C. The summed E-state index contributed by atoms with van der Waals surface area (Å²) >= 11 is 0. The van der Waals surface area contributed by atoms with Crippen LogP contribution in [0.4, 0.5) is 0 Å². The van der Waals surface area contributed by atoms with Gasteiger partial charge in [-0.25, -0.2) is 0 Å². The van der Waals surface area contributed by atoms with Crippen molar-refractivity contribution in [1.29, 1.82) is 0 Å². The quantitative estimate of drug-likeness (QED) is 0.345. The molecule has 0 atom stereocenters. The maximum absolute atomic E-state index is 3.59. The largest absolute Gasteiger partial charge is 0.341 e. The molecule has 0 amide bonds. The molecule has 0 rings (SSSR count). The number of rotatable bonds is 8. The molecule has 0 unspecified atom stereocenters. The summed E-state index contributed by atoms with van der Waals surface area (Å²) in [5.41, 5.74) is 0. The minimum absolute atomic E-state index is 0.210. The lowest BCUT2D eigenvalue weighted by Gasteiger charge is -2.41. The van der Waals surface area contributed by atoms with Crippen LogP contribution in [0.25, 0.3) is 0 Å². The Balaban J connectivity index is 4.72. The van der Waals surface area contributed by atoms with E-state index in [1.807, 2.05) is 0 Å². The Morgan fingerprint density at radius 1 is 0.812 bits per heavy atom. The topological polar surface area (TPSA) is 48.1 Å². The standard InChI is InChI=1S/C11H30N4Si/c1-8(2)13-11(7-12-16,14-9(3)4)15-10(5)6/h8-10,12-15H,7H2,1-6,16H3. The monoisotopic (exact) mass is 246 g/mol. The zero-order valence-corrected chi connectivity index (χ0v) is 13.9. The highest BCUT2D eigenvalue weighted by Gasteiger charge is 2.30. The predicted octanol–water partition coefficient (Wildman–Crippen LogP) is -0.496. The lowest BCUT2D eigenvalue weighted by Crippen LogP contribution is -2.74. The molecule has 0 aromatic carbocycles. The molecule has 0 spiro atoms. The fourth-order valence-corrected chi connectivity index (χ4v) is 2.55. The Kier molecular flexibility index (Phi) is 7.42. The molecule has 0 radical (unpaired) electrons. The van der Waals surface area contributed by atoms with Crippen molar-refractivity contribution in [3.05, 3.63) is 0 Å². The first kappa shape index (κ1) is 16.1. The van der Waals surface area contributed by atoms with Crippen LogP contribution in [0.5, 0.6) is 0 Å². The summed E-state index contributed by atoms with van der Waals surface area (Å²) in [5, 5.41) is 10.8. The van der Waals surface area contributed by atoms with Crippen molar-refractivity contribution >= 4 is 10.4 Å². The Morgan fingerprint density at radius 3 is 1.31 bits per heavy atom. The molecule has 4 nitrogen and oxygen atoms in total. The highest BCUT2D eigenvalue weighted by atomic mass is 28.2. The Labute approximate surface area is 104 Å². The third kappa shape index (κ3) is 6.60. The lowest BCUT2D eigenvalue weighted by atomic mass is 10.2. The molecule has 0 bridgehead atoms. The van der Waals surface area contributed by atoms with E-state index in [0.29, 0.717) is 18.1 Å². The van der Waals surface area contributed by atoms with Crippen LogP contribution >= 0.6 is 0 Å². The highest BCUT2D eigenvalue weighted by molar-refractivity contribution is 6.04. The first-order chi connectivity index (χ1) is 7.31. The zero-order chi connectivity index (χ0) is 12.8. The fraction of sp³-hybridized carbons (Fsp3) is 1.00. The van der Waals surface area contributed by atoms with Crippen LogP contribution in [0.2, 0.25) is 0 Å². The average Bonchev–Trinajstić information content (AvgIpc) is 1.98. The van der Waals surface area contributed by atoms with Crippen molar-refractivity contribution in [3.8, 4) is 0 Å². The summed E-state index contributed by atoms with van der Waals surface area (Å²) in [4.78, 5) is 3.38. The molecule has 5 heteroatoms. The molecule has 4 N–H and O–H groups in total. The van der Waals surface area contributed by atoms with E-state index in [4.69, 9.17) is 0 Å². The number of hydrogen-bond donors (Lipinski definition) is 4. The van der Waals surface area contributed by atoms with Gasteiger partial charge in [-0.15, -0.1) is 0 Å². The maximum atomic E-state index is 3.59. The van der Waals surface area contributed by atoms with Crippen molar-refractivity contribution in [2.45, 2.75) is 65.5 Å². The van der Waals surface area contributed by atoms with Gasteiger partial charge in [0.05, 0.1) is 10.4 Å². The fourth-order valence-electron chi connectivity index (χ4n) is 2.02. The minimum atomic E-state index is -0.210. The van der Waals surface area contributed by atoms with Gasteiger partial charge in [0.1, 0.15) is 5.79 Å². The third-order valence-corrected chi connectivity index (χ3v) is 2.40. The van der Waals surface area contributed by atoms with E-state index in [0.717, 1.165) is 16.9 Å². The minimum Gasteiger partial charge on any atom is -0.341 e. The molecule has 0 aliphatic rings. The van der Waals surface area contributed by atoms with Crippen LogP contribution in [0.15, 0.2) is 0 Å². The van der Waals surface area contributed by atoms with E-state index in [9.17, 15) is 0 Å². The van der Waals surface area contributed by atoms with Gasteiger partial charge in [0.2, 0.25) is 0 Å². The van der Waals surface area contributed by atoms with E-state index in [1.165, 1.54) is 0 Å². The molecular weight excluding hydrogens is 216 g/mol.